The standard InChI is InChI=1S/C20H22N4O3S/c1-28(26,27)14-7-8-19(24-10-3-2-4-11-24)15(12-14)20(25)18-13-17(22-23-18)16-6-5-9-21-16/h5-9,12-13,21H,2-4,10-11H2,1H3,(H,22,23). The number of rotatable bonds is 5. The molecule has 2 N–H and O–H groups in total. The van der Waals surface area contributed by atoms with Crippen LogP contribution in [0.4, 0.5) is 5.69 Å². The number of hydrogen-bond donors (Lipinski definition) is 2. The van der Waals surface area contributed by atoms with Crippen LogP contribution in [-0.2, 0) is 9.84 Å². The normalized spacial score (nSPS) is 15.0. The van der Waals surface area contributed by atoms with Crippen LogP contribution in [0.3, 0.4) is 0 Å². The maximum atomic E-state index is 13.3. The van der Waals surface area contributed by atoms with Gasteiger partial charge in [0.1, 0.15) is 11.4 Å². The number of aromatic nitrogens is 3. The van der Waals surface area contributed by atoms with Crippen LogP contribution in [0.1, 0.15) is 35.3 Å². The van der Waals surface area contributed by atoms with Crippen molar-refractivity contribution in [3.63, 3.8) is 0 Å². The van der Waals surface area contributed by atoms with Gasteiger partial charge in [-0.3, -0.25) is 9.89 Å². The number of hydrogen-bond acceptors (Lipinski definition) is 5. The lowest BCUT2D eigenvalue weighted by Gasteiger charge is -2.30. The van der Waals surface area contributed by atoms with Crippen molar-refractivity contribution in [2.75, 3.05) is 24.2 Å². The Bertz CT molecular complexity index is 1090. The molecule has 1 aliphatic heterocycles. The monoisotopic (exact) mass is 398 g/mol. The van der Waals surface area contributed by atoms with E-state index in [2.05, 4.69) is 20.1 Å². The molecule has 0 unspecified atom stereocenters. The fourth-order valence-corrected chi connectivity index (χ4v) is 4.20. The molecule has 1 fully saturated rings. The maximum Gasteiger partial charge on any atom is 0.212 e. The van der Waals surface area contributed by atoms with Crippen molar-refractivity contribution < 1.29 is 13.2 Å². The van der Waals surface area contributed by atoms with E-state index in [-0.39, 0.29) is 10.7 Å². The van der Waals surface area contributed by atoms with Crippen LogP contribution in [0.5, 0.6) is 0 Å². The van der Waals surface area contributed by atoms with Crippen LogP contribution in [0.2, 0.25) is 0 Å². The van der Waals surface area contributed by atoms with E-state index in [4.69, 9.17) is 0 Å². The van der Waals surface area contributed by atoms with Gasteiger partial charge in [0, 0.05) is 36.8 Å². The zero-order valence-corrected chi connectivity index (χ0v) is 16.4. The molecule has 0 bridgehead atoms. The van der Waals surface area contributed by atoms with E-state index in [0.29, 0.717) is 17.0 Å². The second kappa shape index (κ2) is 7.27. The van der Waals surface area contributed by atoms with Crippen LogP contribution in [0.15, 0.2) is 47.5 Å². The van der Waals surface area contributed by atoms with E-state index in [1.165, 1.54) is 12.5 Å². The number of benzene rings is 1. The van der Waals surface area contributed by atoms with Gasteiger partial charge >= 0.3 is 0 Å². The number of H-pyrrole nitrogens is 2. The highest BCUT2D eigenvalue weighted by Gasteiger charge is 2.23. The van der Waals surface area contributed by atoms with Crippen molar-refractivity contribution in [3.8, 4) is 11.4 Å². The zero-order valence-electron chi connectivity index (χ0n) is 15.6. The second-order valence-electron chi connectivity index (χ2n) is 7.08. The predicted molar refractivity (Wildman–Crippen MR) is 107 cm³/mol. The van der Waals surface area contributed by atoms with Gasteiger partial charge < -0.3 is 9.88 Å². The summed E-state index contributed by atoms with van der Waals surface area (Å²) in [6.07, 6.45) is 6.22. The number of sulfone groups is 1. The number of carbonyl (C=O) groups excluding carboxylic acids is 1. The Hall–Kier alpha value is -2.87. The first-order chi connectivity index (χ1) is 13.4. The minimum atomic E-state index is -3.42. The fraction of sp³-hybridized carbons (Fsp3) is 0.300. The Kier molecular flexibility index (Phi) is 4.80. The van der Waals surface area contributed by atoms with Gasteiger partial charge in [0.25, 0.3) is 0 Å². The van der Waals surface area contributed by atoms with Gasteiger partial charge in [-0.1, -0.05) is 0 Å². The van der Waals surface area contributed by atoms with E-state index in [9.17, 15) is 13.2 Å². The molecule has 3 aromatic rings. The van der Waals surface area contributed by atoms with E-state index in [1.54, 1.807) is 24.4 Å². The summed E-state index contributed by atoms with van der Waals surface area (Å²) in [7, 11) is -3.42. The molecule has 0 spiro atoms. The van der Waals surface area contributed by atoms with Gasteiger partial charge in [0.2, 0.25) is 5.78 Å². The first kappa shape index (κ1) is 18.5. The lowest BCUT2D eigenvalue weighted by atomic mass is 10.0. The van der Waals surface area contributed by atoms with E-state index in [0.717, 1.165) is 43.6 Å². The molecule has 4 rings (SSSR count). The van der Waals surface area contributed by atoms with Gasteiger partial charge in [0.05, 0.1) is 10.6 Å². The van der Waals surface area contributed by atoms with Gasteiger partial charge in [0.15, 0.2) is 9.84 Å². The summed E-state index contributed by atoms with van der Waals surface area (Å²) < 4.78 is 24.1. The third-order valence-corrected chi connectivity index (χ3v) is 6.14. The Morgan fingerprint density at radius 2 is 1.89 bits per heavy atom. The smallest absolute Gasteiger partial charge is 0.212 e. The highest BCUT2D eigenvalue weighted by molar-refractivity contribution is 7.90. The Balaban J connectivity index is 1.76. The minimum Gasteiger partial charge on any atom is -0.371 e. The molecular formula is C20H22N4O3S. The molecule has 1 saturated heterocycles. The van der Waals surface area contributed by atoms with Gasteiger partial charge in [-0.05, 0) is 55.7 Å². The number of nitrogens with one attached hydrogen (secondary N) is 2. The van der Waals surface area contributed by atoms with Gasteiger partial charge in [-0.2, -0.15) is 5.10 Å². The quantitative estimate of drug-likeness (QED) is 0.644. The largest absolute Gasteiger partial charge is 0.371 e. The zero-order chi connectivity index (χ0) is 19.7. The number of carbonyl (C=O) groups is 1. The SMILES string of the molecule is CS(=O)(=O)c1ccc(N2CCCCC2)c(C(=O)c2cc(-c3ccc[nH]3)n[nH]2)c1. The first-order valence-electron chi connectivity index (χ1n) is 9.26. The molecule has 0 radical (unpaired) electrons. The molecule has 1 aromatic carbocycles. The van der Waals surface area contributed by atoms with Crippen molar-refractivity contribution in [2.24, 2.45) is 0 Å². The lowest BCUT2D eigenvalue weighted by molar-refractivity contribution is 0.103. The van der Waals surface area contributed by atoms with Crippen molar-refractivity contribution >= 4 is 21.3 Å². The number of ketones is 1. The second-order valence-corrected chi connectivity index (χ2v) is 9.09. The molecule has 0 aliphatic carbocycles. The fourth-order valence-electron chi connectivity index (χ4n) is 3.55. The van der Waals surface area contributed by atoms with Crippen LogP contribution in [-0.4, -0.2) is 48.7 Å². The predicted octanol–water partition coefficient (Wildman–Crippen LogP) is 3.03. The summed E-state index contributed by atoms with van der Waals surface area (Å²) in [5, 5.41) is 7.00. The molecule has 146 valence electrons. The molecule has 7 nitrogen and oxygen atoms in total. The highest BCUT2D eigenvalue weighted by atomic mass is 32.2. The molecule has 28 heavy (non-hydrogen) atoms. The number of aromatic amines is 2. The first-order valence-corrected chi connectivity index (χ1v) is 11.2. The molecule has 8 heteroatoms. The number of anilines is 1. The van der Waals surface area contributed by atoms with Crippen LogP contribution in [0, 0.1) is 0 Å². The number of piperidine rings is 1. The summed E-state index contributed by atoms with van der Waals surface area (Å²) in [5.41, 5.74) is 2.91. The summed E-state index contributed by atoms with van der Waals surface area (Å²) in [4.78, 5) is 18.6. The van der Waals surface area contributed by atoms with Crippen LogP contribution in [0.25, 0.3) is 11.4 Å². The van der Waals surface area contributed by atoms with Gasteiger partial charge in [-0.15, -0.1) is 0 Å². The van der Waals surface area contributed by atoms with Crippen molar-refractivity contribution in [1.82, 2.24) is 15.2 Å². The minimum absolute atomic E-state index is 0.140. The number of nitrogens with zero attached hydrogens (tertiary/aromatic N) is 2. The molecule has 0 saturated carbocycles. The van der Waals surface area contributed by atoms with E-state index < -0.39 is 9.84 Å². The van der Waals surface area contributed by atoms with Gasteiger partial charge in [-0.25, -0.2) is 8.42 Å². The topological polar surface area (TPSA) is 98.9 Å². The Morgan fingerprint density at radius 3 is 2.57 bits per heavy atom. The average molecular weight is 398 g/mol. The average Bonchev–Trinajstić information content (AvgIpc) is 3.38. The Morgan fingerprint density at radius 1 is 1.11 bits per heavy atom. The maximum absolute atomic E-state index is 13.3. The van der Waals surface area contributed by atoms with E-state index >= 15 is 0 Å². The Labute approximate surface area is 163 Å². The molecule has 0 atom stereocenters. The highest BCUT2D eigenvalue weighted by Crippen LogP contribution is 2.29. The van der Waals surface area contributed by atoms with Crippen molar-refractivity contribution in [3.05, 3.63) is 53.9 Å². The lowest BCUT2D eigenvalue weighted by Crippen LogP contribution is -2.31. The molecular weight excluding hydrogens is 376 g/mol. The third kappa shape index (κ3) is 3.60. The third-order valence-electron chi connectivity index (χ3n) is 5.03. The molecule has 1 aliphatic rings. The summed E-state index contributed by atoms with van der Waals surface area (Å²) in [6, 6.07) is 10.2. The van der Waals surface area contributed by atoms with Crippen LogP contribution >= 0.6 is 0 Å². The van der Waals surface area contributed by atoms with Crippen molar-refractivity contribution in [2.45, 2.75) is 24.2 Å². The van der Waals surface area contributed by atoms with Crippen LogP contribution < -0.4 is 4.90 Å². The summed E-state index contributed by atoms with van der Waals surface area (Å²) >= 11 is 0. The molecule has 3 heterocycles. The summed E-state index contributed by atoms with van der Waals surface area (Å²) in [5.74, 6) is -0.267. The molecule has 2 aromatic heterocycles. The summed E-state index contributed by atoms with van der Waals surface area (Å²) in [6.45, 7) is 1.71. The van der Waals surface area contributed by atoms with E-state index in [1.807, 2.05) is 12.1 Å². The van der Waals surface area contributed by atoms with Crippen molar-refractivity contribution in [1.29, 1.82) is 0 Å². The molecule has 0 amide bonds.